The Morgan fingerprint density at radius 3 is 2.55 bits per heavy atom. The monoisotopic (exact) mass is 286 g/mol. The van der Waals surface area contributed by atoms with Gasteiger partial charge in [-0.1, -0.05) is 24.3 Å². The minimum Gasteiger partial charge on any atom is -0.375 e. The third kappa shape index (κ3) is 6.08. The normalized spacial score (nSPS) is 12.4. The van der Waals surface area contributed by atoms with Crippen LogP contribution in [-0.4, -0.2) is 25.5 Å². The van der Waals surface area contributed by atoms with E-state index in [4.69, 9.17) is 5.73 Å². The number of amides is 1. The zero-order chi connectivity index (χ0) is 15.0. The topological polar surface area (TPSA) is 64.3 Å². The molecule has 20 heavy (non-hydrogen) atoms. The molecule has 0 aliphatic rings. The molecule has 0 spiro atoms. The molecule has 112 valence electrons. The highest BCUT2D eigenvalue weighted by Crippen LogP contribution is 2.13. The average Bonchev–Trinajstić information content (AvgIpc) is 2.43. The van der Waals surface area contributed by atoms with Crippen LogP contribution in [0.5, 0.6) is 0 Å². The van der Waals surface area contributed by atoms with Gasteiger partial charge in [0.05, 0.1) is 12.6 Å². The fraction of sp³-hybridized carbons (Fsp3) is 0.500. The lowest BCUT2D eigenvalue weighted by Crippen LogP contribution is -2.27. The fourth-order valence-corrected chi connectivity index (χ4v) is 1.68. The van der Waals surface area contributed by atoms with Crippen molar-refractivity contribution in [2.45, 2.75) is 32.4 Å². The number of hydrogen-bond donors (Lipinski definition) is 2. The van der Waals surface area contributed by atoms with Crippen LogP contribution in [-0.2, 0) is 16.1 Å². The molecule has 4 nitrogen and oxygen atoms in total. The first-order chi connectivity index (χ1) is 9.52. The highest BCUT2D eigenvalue weighted by molar-refractivity contribution is 5.76. The van der Waals surface area contributed by atoms with E-state index in [1.54, 1.807) is 0 Å². The van der Waals surface area contributed by atoms with Crippen LogP contribution in [0.2, 0.25) is 0 Å². The third-order valence-corrected chi connectivity index (χ3v) is 2.81. The van der Waals surface area contributed by atoms with Crippen LogP contribution in [0.3, 0.4) is 0 Å². The molecular formula is C14H20F2N2O2. The van der Waals surface area contributed by atoms with Crippen molar-refractivity contribution in [3.63, 3.8) is 0 Å². The first-order valence-electron chi connectivity index (χ1n) is 6.47. The molecule has 0 radical (unpaired) electrons. The lowest BCUT2D eigenvalue weighted by molar-refractivity contribution is -0.123. The number of rotatable bonds is 8. The van der Waals surface area contributed by atoms with Gasteiger partial charge in [-0.2, -0.15) is 0 Å². The number of nitrogens with two attached hydrogens (primary N) is 1. The average molecular weight is 286 g/mol. The molecule has 1 unspecified atom stereocenters. The van der Waals surface area contributed by atoms with E-state index in [-0.39, 0.29) is 25.0 Å². The van der Waals surface area contributed by atoms with Crippen molar-refractivity contribution in [3.8, 4) is 0 Å². The maximum Gasteiger partial charge on any atom is 0.261 e. The van der Waals surface area contributed by atoms with Crippen molar-refractivity contribution < 1.29 is 18.3 Å². The Morgan fingerprint density at radius 2 is 2.00 bits per heavy atom. The van der Waals surface area contributed by atoms with Gasteiger partial charge in [0.2, 0.25) is 5.91 Å². The lowest BCUT2D eigenvalue weighted by Gasteiger charge is -2.15. The predicted molar refractivity (Wildman–Crippen MR) is 72.3 cm³/mol. The molecular weight excluding hydrogens is 266 g/mol. The first-order valence-corrected chi connectivity index (χ1v) is 6.47. The van der Waals surface area contributed by atoms with Gasteiger partial charge in [0, 0.05) is 13.0 Å². The zero-order valence-corrected chi connectivity index (χ0v) is 11.4. The Labute approximate surface area is 117 Å². The number of benzene rings is 1. The Bertz CT molecular complexity index is 410. The molecule has 0 aliphatic carbocycles. The number of carbonyl (C=O) groups is 1. The van der Waals surface area contributed by atoms with Crippen molar-refractivity contribution >= 4 is 5.91 Å². The first kappa shape index (κ1) is 16.5. The smallest absolute Gasteiger partial charge is 0.261 e. The minimum absolute atomic E-state index is 0.00496. The molecule has 0 saturated carbocycles. The summed E-state index contributed by atoms with van der Waals surface area (Å²) in [6.45, 7) is 1.69. The van der Waals surface area contributed by atoms with E-state index in [0.717, 1.165) is 11.1 Å². The summed E-state index contributed by atoms with van der Waals surface area (Å²) in [6, 6.07) is 7.47. The lowest BCUT2D eigenvalue weighted by atomic mass is 10.1. The summed E-state index contributed by atoms with van der Waals surface area (Å²) >= 11 is 0. The van der Waals surface area contributed by atoms with E-state index in [0.29, 0.717) is 6.54 Å². The van der Waals surface area contributed by atoms with Crippen molar-refractivity contribution in [3.05, 3.63) is 35.4 Å². The molecule has 1 atom stereocenters. The van der Waals surface area contributed by atoms with Crippen molar-refractivity contribution in [1.29, 1.82) is 0 Å². The molecule has 1 aromatic rings. The van der Waals surface area contributed by atoms with Gasteiger partial charge in [0.25, 0.3) is 6.43 Å². The van der Waals surface area contributed by atoms with Crippen molar-refractivity contribution in [2.24, 2.45) is 5.73 Å². The quantitative estimate of drug-likeness (QED) is 0.718. The zero-order valence-electron chi connectivity index (χ0n) is 11.4. The molecule has 1 rings (SSSR count). The number of hydrogen-bond acceptors (Lipinski definition) is 3. The van der Waals surface area contributed by atoms with E-state index in [1.165, 1.54) is 0 Å². The van der Waals surface area contributed by atoms with Gasteiger partial charge in [0.15, 0.2) is 0 Å². The van der Waals surface area contributed by atoms with E-state index in [2.05, 4.69) is 10.1 Å². The minimum atomic E-state index is -2.50. The van der Waals surface area contributed by atoms with E-state index < -0.39 is 13.0 Å². The van der Waals surface area contributed by atoms with Gasteiger partial charge in [-0.3, -0.25) is 4.79 Å². The molecule has 0 saturated heterocycles. The summed E-state index contributed by atoms with van der Waals surface area (Å²) < 4.78 is 28.3. The number of ether oxygens (including phenoxy) is 1. The highest BCUT2D eigenvalue weighted by atomic mass is 19.3. The van der Waals surface area contributed by atoms with Gasteiger partial charge < -0.3 is 15.8 Å². The number of alkyl halides is 2. The second kappa shape index (κ2) is 8.60. The Balaban J connectivity index is 2.33. The van der Waals surface area contributed by atoms with Gasteiger partial charge in [-0.05, 0) is 18.1 Å². The molecule has 6 heteroatoms. The predicted octanol–water partition coefficient (Wildman–Crippen LogP) is 1.99. The summed E-state index contributed by atoms with van der Waals surface area (Å²) in [6.07, 6.45) is -2.43. The van der Waals surface area contributed by atoms with Gasteiger partial charge in [-0.15, -0.1) is 0 Å². The summed E-state index contributed by atoms with van der Waals surface area (Å²) in [4.78, 5) is 11.6. The van der Waals surface area contributed by atoms with Gasteiger partial charge in [-0.25, -0.2) is 8.78 Å². The second-order valence-corrected chi connectivity index (χ2v) is 4.45. The molecule has 0 fully saturated rings. The Kier molecular flexibility index (Phi) is 7.11. The third-order valence-electron chi connectivity index (χ3n) is 2.81. The van der Waals surface area contributed by atoms with E-state index in [1.807, 2.05) is 31.2 Å². The molecule has 0 heterocycles. The summed E-state index contributed by atoms with van der Waals surface area (Å²) in [7, 11) is 0. The summed E-state index contributed by atoms with van der Waals surface area (Å²) in [5.74, 6) is -0.227. The second-order valence-electron chi connectivity index (χ2n) is 4.45. The van der Waals surface area contributed by atoms with Crippen LogP contribution in [0.1, 0.15) is 30.5 Å². The van der Waals surface area contributed by atoms with E-state index >= 15 is 0 Å². The molecule has 1 aromatic carbocycles. The van der Waals surface area contributed by atoms with Crippen LogP contribution >= 0.6 is 0 Å². The van der Waals surface area contributed by atoms with Crippen LogP contribution in [0.25, 0.3) is 0 Å². The summed E-state index contributed by atoms with van der Waals surface area (Å²) in [5, 5.41) is 2.78. The maximum atomic E-state index is 11.8. The summed E-state index contributed by atoms with van der Waals surface area (Å²) in [5.41, 5.74) is 7.49. The SMILES string of the molecule is CC(NC(=O)CCOCC(F)F)c1ccc(CN)cc1. The number of carbonyl (C=O) groups excluding carboxylic acids is 1. The van der Waals surface area contributed by atoms with Crippen LogP contribution in [0, 0.1) is 0 Å². The highest BCUT2D eigenvalue weighted by Gasteiger charge is 2.10. The van der Waals surface area contributed by atoms with Crippen LogP contribution in [0.15, 0.2) is 24.3 Å². The molecule has 1 amide bonds. The molecule has 0 aromatic heterocycles. The largest absolute Gasteiger partial charge is 0.375 e. The molecule has 3 N–H and O–H groups in total. The van der Waals surface area contributed by atoms with E-state index in [9.17, 15) is 13.6 Å². The molecule has 0 bridgehead atoms. The molecule has 0 aliphatic heterocycles. The van der Waals surface area contributed by atoms with Crippen LogP contribution < -0.4 is 11.1 Å². The maximum absolute atomic E-state index is 11.8. The standard InChI is InChI=1S/C14H20F2N2O2/c1-10(12-4-2-11(8-17)3-5-12)18-14(19)6-7-20-9-13(15)16/h2-5,10,13H,6-9,17H2,1H3,(H,18,19). The Hall–Kier alpha value is -1.53. The van der Waals surface area contributed by atoms with Crippen molar-refractivity contribution in [2.75, 3.05) is 13.2 Å². The van der Waals surface area contributed by atoms with Gasteiger partial charge in [0.1, 0.15) is 6.61 Å². The van der Waals surface area contributed by atoms with Crippen molar-refractivity contribution in [1.82, 2.24) is 5.32 Å². The van der Waals surface area contributed by atoms with Gasteiger partial charge >= 0.3 is 0 Å². The number of halogens is 2. The van der Waals surface area contributed by atoms with Crippen LogP contribution in [0.4, 0.5) is 8.78 Å². The fourth-order valence-electron chi connectivity index (χ4n) is 1.68. The number of nitrogens with one attached hydrogen (secondary N) is 1. The Morgan fingerprint density at radius 1 is 1.35 bits per heavy atom.